The van der Waals surface area contributed by atoms with E-state index in [1.165, 1.54) is 12.8 Å². The highest BCUT2D eigenvalue weighted by atomic mass is 16.5. The zero-order chi connectivity index (χ0) is 18.1. The van der Waals surface area contributed by atoms with Gasteiger partial charge in [0.1, 0.15) is 23.7 Å². The van der Waals surface area contributed by atoms with Crippen LogP contribution in [0.25, 0.3) is 0 Å². The number of aromatic nitrogens is 3. The van der Waals surface area contributed by atoms with Gasteiger partial charge in [0.25, 0.3) is 5.91 Å². The fraction of sp³-hybridized carbons (Fsp3) is 0.526. The molecule has 138 valence electrons. The zero-order valence-electron chi connectivity index (χ0n) is 15.2. The number of nitrogens with zero attached hydrogens (tertiary/aromatic N) is 4. The molecule has 2 aromatic rings. The smallest absolute Gasteiger partial charge is 0.257 e. The third kappa shape index (κ3) is 3.38. The fourth-order valence-corrected chi connectivity index (χ4v) is 3.44. The van der Waals surface area contributed by atoms with Gasteiger partial charge in [-0.3, -0.25) is 4.79 Å². The standard InChI is InChI=1S/C19H24N4O3/c1-25-15-5-6-16(17(8-15)26-2)19(24)22-10-14(11-22)7-18-21-20-12-23(18)9-13-3-4-13/h5-6,8,12-14H,3-4,7,9-11H2,1-2H3. The minimum absolute atomic E-state index is 0.000185. The van der Waals surface area contributed by atoms with Crippen molar-refractivity contribution in [2.75, 3.05) is 27.3 Å². The summed E-state index contributed by atoms with van der Waals surface area (Å²) in [4.78, 5) is 14.6. The molecule has 0 unspecified atom stereocenters. The molecule has 1 amide bonds. The number of hydrogen-bond acceptors (Lipinski definition) is 5. The van der Waals surface area contributed by atoms with Crippen LogP contribution >= 0.6 is 0 Å². The molecule has 1 aromatic heterocycles. The van der Waals surface area contributed by atoms with Crippen molar-refractivity contribution in [2.24, 2.45) is 11.8 Å². The van der Waals surface area contributed by atoms with E-state index in [2.05, 4.69) is 14.8 Å². The van der Waals surface area contributed by atoms with E-state index in [1.54, 1.807) is 32.4 Å². The Hall–Kier alpha value is -2.57. The predicted octanol–water partition coefficient (Wildman–Crippen LogP) is 2.02. The average molecular weight is 356 g/mol. The molecule has 0 atom stereocenters. The first kappa shape index (κ1) is 16.9. The van der Waals surface area contributed by atoms with Crippen LogP contribution in [-0.4, -0.2) is 52.9 Å². The number of benzene rings is 1. The van der Waals surface area contributed by atoms with E-state index in [0.717, 1.165) is 37.8 Å². The fourth-order valence-electron chi connectivity index (χ4n) is 3.44. The van der Waals surface area contributed by atoms with Crippen LogP contribution in [0.1, 0.15) is 29.0 Å². The van der Waals surface area contributed by atoms with Gasteiger partial charge in [0, 0.05) is 38.0 Å². The lowest BCUT2D eigenvalue weighted by Gasteiger charge is -2.39. The molecule has 26 heavy (non-hydrogen) atoms. The van der Waals surface area contributed by atoms with Crippen molar-refractivity contribution in [3.63, 3.8) is 0 Å². The predicted molar refractivity (Wildman–Crippen MR) is 95.4 cm³/mol. The summed E-state index contributed by atoms with van der Waals surface area (Å²) in [5.41, 5.74) is 0.573. The second-order valence-electron chi connectivity index (χ2n) is 7.19. The average Bonchev–Trinajstić information content (AvgIpc) is 3.34. The lowest BCUT2D eigenvalue weighted by Crippen LogP contribution is -2.51. The second-order valence-corrected chi connectivity index (χ2v) is 7.19. The van der Waals surface area contributed by atoms with Crippen molar-refractivity contribution in [3.05, 3.63) is 35.9 Å². The molecule has 1 aliphatic carbocycles. The molecule has 0 radical (unpaired) electrons. The van der Waals surface area contributed by atoms with Crippen LogP contribution < -0.4 is 9.47 Å². The SMILES string of the molecule is COc1ccc(C(=O)N2CC(Cc3nncn3CC3CC3)C2)c(OC)c1. The van der Waals surface area contributed by atoms with E-state index in [-0.39, 0.29) is 5.91 Å². The summed E-state index contributed by atoms with van der Waals surface area (Å²) in [6.07, 6.45) is 5.33. The van der Waals surface area contributed by atoms with Crippen molar-refractivity contribution < 1.29 is 14.3 Å². The number of carbonyl (C=O) groups is 1. The van der Waals surface area contributed by atoms with E-state index in [9.17, 15) is 4.79 Å². The van der Waals surface area contributed by atoms with Gasteiger partial charge >= 0.3 is 0 Å². The van der Waals surface area contributed by atoms with Crippen molar-refractivity contribution in [3.8, 4) is 11.5 Å². The van der Waals surface area contributed by atoms with E-state index in [1.807, 2.05) is 11.2 Å². The lowest BCUT2D eigenvalue weighted by molar-refractivity contribution is 0.0493. The first-order chi connectivity index (χ1) is 12.7. The topological polar surface area (TPSA) is 69.5 Å². The normalized spacial score (nSPS) is 17.1. The maximum atomic E-state index is 12.7. The molecule has 2 fully saturated rings. The Morgan fingerprint density at radius 1 is 1.19 bits per heavy atom. The molecule has 1 saturated heterocycles. The summed E-state index contributed by atoms with van der Waals surface area (Å²) >= 11 is 0. The summed E-state index contributed by atoms with van der Waals surface area (Å²) in [5, 5.41) is 8.33. The minimum Gasteiger partial charge on any atom is -0.497 e. The van der Waals surface area contributed by atoms with Crippen LogP contribution in [0.4, 0.5) is 0 Å². The molecular weight excluding hydrogens is 332 g/mol. The Morgan fingerprint density at radius 3 is 2.69 bits per heavy atom. The van der Waals surface area contributed by atoms with Crippen molar-refractivity contribution in [1.29, 1.82) is 0 Å². The highest BCUT2D eigenvalue weighted by molar-refractivity contribution is 5.97. The Kier molecular flexibility index (Phi) is 4.53. The molecule has 1 saturated carbocycles. The number of ether oxygens (including phenoxy) is 2. The van der Waals surface area contributed by atoms with Gasteiger partial charge in [-0.2, -0.15) is 0 Å². The van der Waals surface area contributed by atoms with Crippen LogP contribution in [0.15, 0.2) is 24.5 Å². The summed E-state index contributed by atoms with van der Waals surface area (Å²) in [7, 11) is 3.16. The molecule has 4 rings (SSSR count). The number of amides is 1. The van der Waals surface area contributed by atoms with E-state index in [4.69, 9.17) is 9.47 Å². The number of carbonyl (C=O) groups excluding carboxylic acids is 1. The largest absolute Gasteiger partial charge is 0.497 e. The molecule has 0 spiro atoms. The zero-order valence-corrected chi connectivity index (χ0v) is 15.2. The van der Waals surface area contributed by atoms with Gasteiger partial charge in [-0.15, -0.1) is 10.2 Å². The van der Waals surface area contributed by atoms with Gasteiger partial charge in [0.05, 0.1) is 19.8 Å². The molecule has 1 aromatic carbocycles. The first-order valence-corrected chi connectivity index (χ1v) is 9.06. The summed E-state index contributed by atoms with van der Waals surface area (Å²) < 4.78 is 12.7. The monoisotopic (exact) mass is 356 g/mol. The molecular formula is C19H24N4O3. The van der Waals surface area contributed by atoms with E-state index in [0.29, 0.717) is 23.0 Å². The van der Waals surface area contributed by atoms with Gasteiger partial charge in [-0.05, 0) is 30.9 Å². The van der Waals surface area contributed by atoms with Crippen molar-refractivity contribution in [1.82, 2.24) is 19.7 Å². The van der Waals surface area contributed by atoms with Gasteiger partial charge in [0.15, 0.2) is 0 Å². The quantitative estimate of drug-likeness (QED) is 0.759. The van der Waals surface area contributed by atoms with Crippen molar-refractivity contribution in [2.45, 2.75) is 25.8 Å². The third-order valence-electron chi connectivity index (χ3n) is 5.20. The third-order valence-corrected chi connectivity index (χ3v) is 5.20. The number of rotatable bonds is 7. The first-order valence-electron chi connectivity index (χ1n) is 9.06. The summed E-state index contributed by atoms with van der Waals surface area (Å²) in [6, 6.07) is 5.29. The van der Waals surface area contributed by atoms with Gasteiger partial charge < -0.3 is 18.9 Å². The Bertz CT molecular complexity index is 794. The maximum absolute atomic E-state index is 12.7. The maximum Gasteiger partial charge on any atom is 0.257 e. The Balaban J connectivity index is 1.36. The number of hydrogen-bond donors (Lipinski definition) is 0. The van der Waals surface area contributed by atoms with Crippen LogP contribution in [0.2, 0.25) is 0 Å². The summed E-state index contributed by atoms with van der Waals surface area (Å²) in [6.45, 7) is 2.51. The Labute approximate surface area is 152 Å². The molecule has 2 aliphatic rings. The highest BCUT2D eigenvalue weighted by Gasteiger charge is 2.34. The van der Waals surface area contributed by atoms with Gasteiger partial charge in [0.2, 0.25) is 0 Å². The number of likely N-dealkylation sites (tertiary alicyclic amines) is 1. The highest BCUT2D eigenvalue weighted by Crippen LogP contribution is 2.32. The molecule has 0 N–H and O–H groups in total. The molecule has 0 bridgehead atoms. The Morgan fingerprint density at radius 2 is 2.00 bits per heavy atom. The van der Waals surface area contributed by atoms with Crippen LogP contribution in [-0.2, 0) is 13.0 Å². The molecule has 7 nitrogen and oxygen atoms in total. The molecule has 2 heterocycles. The van der Waals surface area contributed by atoms with Crippen LogP contribution in [0.5, 0.6) is 11.5 Å². The molecule has 7 heteroatoms. The molecule has 1 aliphatic heterocycles. The van der Waals surface area contributed by atoms with Crippen LogP contribution in [0.3, 0.4) is 0 Å². The van der Waals surface area contributed by atoms with Crippen molar-refractivity contribution >= 4 is 5.91 Å². The summed E-state index contributed by atoms with van der Waals surface area (Å²) in [5.74, 6) is 3.49. The van der Waals surface area contributed by atoms with E-state index >= 15 is 0 Å². The van der Waals surface area contributed by atoms with Gasteiger partial charge in [-0.25, -0.2) is 0 Å². The van der Waals surface area contributed by atoms with E-state index < -0.39 is 0 Å². The van der Waals surface area contributed by atoms with Gasteiger partial charge in [-0.1, -0.05) is 0 Å². The van der Waals surface area contributed by atoms with Crippen LogP contribution in [0, 0.1) is 11.8 Å². The lowest BCUT2D eigenvalue weighted by atomic mass is 9.94. The second kappa shape index (κ2) is 6.97. The number of methoxy groups -OCH3 is 2. The minimum atomic E-state index is 0.000185.